The lowest BCUT2D eigenvalue weighted by Gasteiger charge is -2.31. The van der Waals surface area contributed by atoms with E-state index in [2.05, 4.69) is 41.5 Å². The number of guanidine groups is 1. The SMILES string of the molecule is CCNC(=NCC1CCN(CCOC)CC1)NC(C)c1ccc(OCC)c(OCC)c1. The highest BCUT2D eigenvalue weighted by Gasteiger charge is 2.19. The summed E-state index contributed by atoms with van der Waals surface area (Å²) in [6.45, 7) is 15.2. The highest BCUT2D eigenvalue weighted by atomic mass is 16.5. The van der Waals surface area contributed by atoms with Gasteiger partial charge < -0.3 is 29.7 Å². The highest BCUT2D eigenvalue weighted by molar-refractivity contribution is 5.80. The Kier molecular flexibility index (Phi) is 11.5. The molecule has 7 heteroatoms. The van der Waals surface area contributed by atoms with Gasteiger partial charge in [-0.2, -0.15) is 0 Å². The van der Waals surface area contributed by atoms with Crippen LogP contribution in [0.4, 0.5) is 0 Å². The Morgan fingerprint density at radius 1 is 1.13 bits per heavy atom. The first-order valence-corrected chi connectivity index (χ1v) is 11.8. The molecule has 1 aromatic rings. The van der Waals surface area contributed by atoms with Gasteiger partial charge in [-0.25, -0.2) is 0 Å². The van der Waals surface area contributed by atoms with E-state index in [1.165, 1.54) is 12.8 Å². The van der Waals surface area contributed by atoms with Gasteiger partial charge in [0.05, 0.1) is 25.9 Å². The van der Waals surface area contributed by atoms with Crippen molar-refractivity contribution in [1.29, 1.82) is 0 Å². The van der Waals surface area contributed by atoms with E-state index < -0.39 is 0 Å². The van der Waals surface area contributed by atoms with Gasteiger partial charge in [0.1, 0.15) is 0 Å². The van der Waals surface area contributed by atoms with Gasteiger partial charge in [0.15, 0.2) is 17.5 Å². The molecule has 0 aliphatic carbocycles. The van der Waals surface area contributed by atoms with Gasteiger partial charge in [0.25, 0.3) is 0 Å². The molecular formula is C24H42N4O3. The largest absolute Gasteiger partial charge is 0.490 e. The van der Waals surface area contributed by atoms with Crippen LogP contribution in [0.3, 0.4) is 0 Å². The minimum Gasteiger partial charge on any atom is -0.490 e. The van der Waals surface area contributed by atoms with Crippen LogP contribution in [-0.4, -0.2) is 70.5 Å². The molecule has 1 aliphatic rings. The Labute approximate surface area is 188 Å². The van der Waals surface area contributed by atoms with Crippen LogP contribution in [0.5, 0.6) is 11.5 Å². The van der Waals surface area contributed by atoms with Crippen LogP contribution < -0.4 is 20.1 Å². The maximum Gasteiger partial charge on any atom is 0.191 e. The average molecular weight is 435 g/mol. The number of ether oxygens (including phenoxy) is 3. The normalized spacial score (nSPS) is 16.7. The van der Waals surface area contributed by atoms with E-state index in [1.54, 1.807) is 7.11 Å². The van der Waals surface area contributed by atoms with Crippen LogP contribution in [0.25, 0.3) is 0 Å². The monoisotopic (exact) mass is 434 g/mol. The molecule has 0 amide bonds. The molecule has 0 radical (unpaired) electrons. The van der Waals surface area contributed by atoms with E-state index >= 15 is 0 Å². The fraction of sp³-hybridized carbons (Fsp3) is 0.708. The lowest BCUT2D eigenvalue weighted by Crippen LogP contribution is -2.40. The molecule has 0 spiro atoms. The number of piperidine rings is 1. The summed E-state index contributed by atoms with van der Waals surface area (Å²) in [5, 5.41) is 6.93. The molecule has 0 aromatic heterocycles. The third kappa shape index (κ3) is 8.57. The summed E-state index contributed by atoms with van der Waals surface area (Å²) in [6.07, 6.45) is 2.39. The molecule has 1 atom stereocenters. The molecule has 31 heavy (non-hydrogen) atoms. The number of rotatable bonds is 12. The average Bonchev–Trinajstić information content (AvgIpc) is 2.78. The van der Waals surface area contributed by atoms with Gasteiger partial charge in [-0.3, -0.25) is 4.99 Å². The smallest absolute Gasteiger partial charge is 0.191 e. The molecule has 176 valence electrons. The number of hydrogen-bond acceptors (Lipinski definition) is 5. The summed E-state index contributed by atoms with van der Waals surface area (Å²) in [5.74, 6) is 3.08. The molecular weight excluding hydrogens is 392 g/mol. The van der Waals surface area contributed by atoms with Crippen LogP contribution in [0, 0.1) is 5.92 Å². The van der Waals surface area contributed by atoms with Crippen LogP contribution in [0.1, 0.15) is 52.1 Å². The second-order valence-electron chi connectivity index (χ2n) is 7.94. The van der Waals surface area contributed by atoms with Crippen molar-refractivity contribution >= 4 is 5.96 Å². The number of aliphatic imine (C=N–C) groups is 1. The van der Waals surface area contributed by atoms with Crippen molar-refractivity contribution in [2.24, 2.45) is 10.9 Å². The predicted octanol–water partition coefficient (Wildman–Crippen LogP) is 3.46. The van der Waals surface area contributed by atoms with Crippen LogP contribution >= 0.6 is 0 Å². The number of nitrogens with zero attached hydrogens (tertiary/aromatic N) is 2. The quantitative estimate of drug-likeness (QED) is 0.388. The number of methoxy groups -OCH3 is 1. The maximum absolute atomic E-state index is 5.78. The van der Waals surface area contributed by atoms with Gasteiger partial charge in [-0.05, 0) is 77.2 Å². The molecule has 2 N–H and O–H groups in total. The standard InChI is InChI=1S/C24H42N4O3/c1-6-25-24(26-18-20-11-13-28(14-12-20)15-16-29-5)27-19(4)21-9-10-22(30-7-2)23(17-21)31-8-3/h9-10,17,19-20H,6-8,11-16,18H2,1-5H3,(H2,25,26,27). The minimum absolute atomic E-state index is 0.101. The molecule has 0 bridgehead atoms. The molecule has 0 saturated carbocycles. The summed E-state index contributed by atoms with van der Waals surface area (Å²) in [7, 11) is 1.77. The molecule has 1 fully saturated rings. The topological polar surface area (TPSA) is 67.4 Å². The van der Waals surface area contributed by atoms with E-state index in [1.807, 2.05) is 19.9 Å². The molecule has 1 unspecified atom stereocenters. The van der Waals surface area contributed by atoms with Gasteiger partial charge in [-0.15, -0.1) is 0 Å². The number of likely N-dealkylation sites (tertiary alicyclic amines) is 1. The van der Waals surface area contributed by atoms with Crippen LogP contribution in [0.15, 0.2) is 23.2 Å². The molecule has 1 saturated heterocycles. The predicted molar refractivity (Wildman–Crippen MR) is 127 cm³/mol. The first kappa shape index (κ1) is 25.3. The van der Waals surface area contributed by atoms with Crippen molar-refractivity contribution < 1.29 is 14.2 Å². The van der Waals surface area contributed by atoms with Gasteiger partial charge >= 0.3 is 0 Å². The van der Waals surface area contributed by atoms with Gasteiger partial charge in [0.2, 0.25) is 0 Å². The fourth-order valence-corrected chi connectivity index (χ4v) is 3.78. The summed E-state index contributed by atoms with van der Waals surface area (Å²) >= 11 is 0. The Morgan fingerprint density at radius 3 is 2.48 bits per heavy atom. The minimum atomic E-state index is 0.101. The summed E-state index contributed by atoms with van der Waals surface area (Å²) in [5.41, 5.74) is 1.14. The van der Waals surface area contributed by atoms with Crippen LogP contribution in [0.2, 0.25) is 0 Å². The van der Waals surface area contributed by atoms with Crippen molar-refractivity contribution in [1.82, 2.24) is 15.5 Å². The molecule has 7 nitrogen and oxygen atoms in total. The molecule has 1 aliphatic heterocycles. The van der Waals surface area contributed by atoms with E-state index in [0.717, 1.165) is 62.4 Å². The zero-order chi connectivity index (χ0) is 22.5. The second kappa shape index (κ2) is 14.1. The van der Waals surface area contributed by atoms with Gasteiger partial charge in [0, 0.05) is 26.7 Å². The van der Waals surface area contributed by atoms with Crippen molar-refractivity contribution in [2.45, 2.75) is 46.6 Å². The molecule has 1 aromatic carbocycles. The van der Waals surface area contributed by atoms with E-state index in [-0.39, 0.29) is 6.04 Å². The molecule has 1 heterocycles. The lowest BCUT2D eigenvalue weighted by molar-refractivity contribution is 0.121. The highest BCUT2D eigenvalue weighted by Crippen LogP contribution is 2.30. The third-order valence-electron chi connectivity index (χ3n) is 5.59. The Balaban J connectivity index is 1.95. The Bertz CT molecular complexity index is 660. The van der Waals surface area contributed by atoms with Crippen molar-refractivity contribution in [3.8, 4) is 11.5 Å². The fourth-order valence-electron chi connectivity index (χ4n) is 3.78. The van der Waals surface area contributed by atoms with Crippen molar-refractivity contribution in [3.63, 3.8) is 0 Å². The Morgan fingerprint density at radius 2 is 1.84 bits per heavy atom. The van der Waals surface area contributed by atoms with E-state index in [4.69, 9.17) is 19.2 Å². The van der Waals surface area contributed by atoms with Crippen molar-refractivity contribution in [2.75, 3.05) is 59.7 Å². The zero-order valence-electron chi connectivity index (χ0n) is 20.1. The number of hydrogen-bond donors (Lipinski definition) is 2. The summed E-state index contributed by atoms with van der Waals surface area (Å²) in [6, 6.07) is 6.24. The molecule has 2 rings (SSSR count). The lowest BCUT2D eigenvalue weighted by atomic mass is 9.97. The Hall–Kier alpha value is -1.99. The maximum atomic E-state index is 5.78. The second-order valence-corrected chi connectivity index (χ2v) is 7.94. The summed E-state index contributed by atoms with van der Waals surface area (Å²) < 4.78 is 16.7. The van der Waals surface area contributed by atoms with Crippen molar-refractivity contribution in [3.05, 3.63) is 23.8 Å². The number of benzene rings is 1. The third-order valence-corrected chi connectivity index (χ3v) is 5.59. The van der Waals surface area contributed by atoms with E-state index in [0.29, 0.717) is 19.1 Å². The van der Waals surface area contributed by atoms with Gasteiger partial charge in [-0.1, -0.05) is 6.07 Å². The van der Waals surface area contributed by atoms with E-state index in [9.17, 15) is 0 Å². The number of nitrogens with one attached hydrogen (secondary N) is 2. The van der Waals surface area contributed by atoms with Crippen LogP contribution in [-0.2, 0) is 4.74 Å². The zero-order valence-corrected chi connectivity index (χ0v) is 20.1. The summed E-state index contributed by atoms with van der Waals surface area (Å²) in [4.78, 5) is 7.37. The first-order valence-electron chi connectivity index (χ1n) is 11.8. The first-order chi connectivity index (χ1) is 15.1.